The van der Waals surface area contributed by atoms with E-state index in [1.54, 1.807) is 0 Å². The molecule has 0 heterocycles. The summed E-state index contributed by atoms with van der Waals surface area (Å²) >= 11 is 0. The summed E-state index contributed by atoms with van der Waals surface area (Å²) in [6, 6.07) is 10.8. The first-order valence-corrected chi connectivity index (χ1v) is 7.38. The van der Waals surface area contributed by atoms with Crippen LogP contribution in [0.5, 0.6) is 0 Å². The molecule has 1 aromatic carbocycles. The predicted octanol–water partition coefficient (Wildman–Crippen LogP) is 3.09. The molecule has 0 aliphatic heterocycles. The molecule has 0 radical (unpaired) electrons. The van der Waals surface area contributed by atoms with Crippen LogP contribution in [0.25, 0.3) is 0 Å². The van der Waals surface area contributed by atoms with Gasteiger partial charge in [0.2, 0.25) is 5.91 Å². The summed E-state index contributed by atoms with van der Waals surface area (Å²) in [6.07, 6.45) is 2.51. The molecule has 0 saturated heterocycles. The van der Waals surface area contributed by atoms with Crippen LogP contribution in [0.2, 0.25) is 0 Å². The van der Waals surface area contributed by atoms with Gasteiger partial charge in [-0.2, -0.15) is 5.26 Å². The first-order chi connectivity index (χ1) is 9.54. The Morgan fingerprint density at radius 3 is 2.50 bits per heavy atom. The standard InChI is InChI=1S/C17H20N2O/c1-11(2)12-3-5-13(6-4-12)14-9-15(14)16(20)19-17(10-18)7-8-17/h3-6,11,14-15H,7-9H2,1-2H3,(H,19,20)/t14-,15-/m1/s1. The largest absolute Gasteiger partial charge is 0.338 e. The quantitative estimate of drug-likeness (QED) is 0.912. The zero-order valence-corrected chi connectivity index (χ0v) is 12.0. The van der Waals surface area contributed by atoms with Crippen molar-refractivity contribution in [2.75, 3.05) is 0 Å². The molecule has 0 unspecified atom stereocenters. The van der Waals surface area contributed by atoms with E-state index in [-0.39, 0.29) is 11.8 Å². The Balaban J connectivity index is 1.61. The first-order valence-electron chi connectivity index (χ1n) is 7.38. The maximum atomic E-state index is 12.1. The molecule has 20 heavy (non-hydrogen) atoms. The number of hydrogen-bond acceptors (Lipinski definition) is 2. The molecule has 2 saturated carbocycles. The average molecular weight is 268 g/mol. The number of rotatable bonds is 4. The molecular weight excluding hydrogens is 248 g/mol. The second kappa shape index (κ2) is 4.63. The minimum Gasteiger partial charge on any atom is -0.338 e. The highest BCUT2D eigenvalue weighted by atomic mass is 16.2. The molecule has 1 N–H and O–H groups in total. The molecule has 3 heteroatoms. The summed E-state index contributed by atoms with van der Waals surface area (Å²) in [7, 11) is 0. The van der Waals surface area contributed by atoms with Crippen molar-refractivity contribution in [2.45, 2.75) is 50.5 Å². The summed E-state index contributed by atoms with van der Waals surface area (Å²) in [6.45, 7) is 4.36. The molecule has 3 nitrogen and oxygen atoms in total. The lowest BCUT2D eigenvalue weighted by molar-refractivity contribution is -0.123. The smallest absolute Gasteiger partial charge is 0.224 e. The van der Waals surface area contributed by atoms with E-state index >= 15 is 0 Å². The summed E-state index contributed by atoms with van der Waals surface area (Å²) in [5.41, 5.74) is 2.04. The van der Waals surface area contributed by atoms with Crippen LogP contribution in [-0.4, -0.2) is 11.4 Å². The Kier molecular flexibility index (Phi) is 3.05. The average Bonchev–Trinajstić information content (AvgIpc) is 3.33. The van der Waals surface area contributed by atoms with E-state index in [0.29, 0.717) is 11.8 Å². The van der Waals surface area contributed by atoms with E-state index in [1.807, 2.05) is 0 Å². The number of nitrogens with one attached hydrogen (secondary N) is 1. The van der Waals surface area contributed by atoms with Crippen molar-refractivity contribution < 1.29 is 4.79 Å². The van der Waals surface area contributed by atoms with Gasteiger partial charge in [0.1, 0.15) is 5.54 Å². The Bertz CT molecular complexity index is 564. The monoisotopic (exact) mass is 268 g/mol. The molecule has 0 spiro atoms. The van der Waals surface area contributed by atoms with E-state index in [4.69, 9.17) is 5.26 Å². The number of nitrogens with zero attached hydrogens (tertiary/aromatic N) is 1. The van der Waals surface area contributed by atoms with Gasteiger partial charge < -0.3 is 5.32 Å². The van der Waals surface area contributed by atoms with Crippen LogP contribution in [0.15, 0.2) is 24.3 Å². The van der Waals surface area contributed by atoms with Crippen molar-refractivity contribution >= 4 is 5.91 Å². The Morgan fingerprint density at radius 2 is 2.00 bits per heavy atom. The van der Waals surface area contributed by atoms with E-state index in [1.165, 1.54) is 11.1 Å². The normalized spacial score (nSPS) is 25.9. The van der Waals surface area contributed by atoms with E-state index in [0.717, 1.165) is 19.3 Å². The van der Waals surface area contributed by atoms with Crippen molar-refractivity contribution in [3.8, 4) is 6.07 Å². The molecule has 0 aromatic heterocycles. The van der Waals surface area contributed by atoms with Crippen LogP contribution in [0.1, 0.15) is 56.1 Å². The number of amides is 1. The van der Waals surface area contributed by atoms with Gasteiger partial charge in [-0.3, -0.25) is 4.79 Å². The third-order valence-electron chi connectivity index (χ3n) is 4.48. The molecule has 2 aliphatic rings. The third kappa shape index (κ3) is 2.43. The highest BCUT2D eigenvalue weighted by Crippen LogP contribution is 2.48. The van der Waals surface area contributed by atoms with Gasteiger partial charge >= 0.3 is 0 Å². The zero-order valence-electron chi connectivity index (χ0n) is 12.0. The molecule has 3 rings (SSSR count). The highest BCUT2D eigenvalue weighted by molar-refractivity contribution is 5.84. The summed E-state index contributed by atoms with van der Waals surface area (Å²) < 4.78 is 0. The summed E-state index contributed by atoms with van der Waals surface area (Å²) in [5, 5.41) is 11.9. The lowest BCUT2D eigenvalue weighted by Gasteiger charge is -2.09. The Morgan fingerprint density at radius 1 is 1.35 bits per heavy atom. The Labute approximate surface area is 120 Å². The lowest BCUT2D eigenvalue weighted by Crippen LogP contribution is -2.36. The van der Waals surface area contributed by atoms with Crippen LogP contribution in [0.3, 0.4) is 0 Å². The summed E-state index contributed by atoms with van der Waals surface area (Å²) in [5.74, 6) is 0.992. The molecular formula is C17H20N2O. The molecule has 2 aliphatic carbocycles. The van der Waals surface area contributed by atoms with E-state index in [9.17, 15) is 4.79 Å². The van der Waals surface area contributed by atoms with Crippen molar-refractivity contribution in [1.82, 2.24) is 5.32 Å². The molecule has 104 valence electrons. The SMILES string of the molecule is CC(C)c1ccc([C@H]2C[C@H]2C(=O)NC2(C#N)CC2)cc1. The van der Waals surface area contributed by atoms with Crippen molar-refractivity contribution in [3.63, 3.8) is 0 Å². The lowest BCUT2D eigenvalue weighted by atomic mass is 10.00. The van der Waals surface area contributed by atoms with Gasteiger partial charge in [-0.25, -0.2) is 0 Å². The summed E-state index contributed by atoms with van der Waals surface area (Å²) in [4.78, 5) is 12.1. The number of carbonyl (C=O) groups is 1. The topological polar surface area (TPSA) is 52.9 Å². The number of hydrogen-bond donors (Lipinski definition) is 1. The van der Waals surface area contributed by atoms with Crippen LogP contribution in [-0.2, 0) is 4.79 Å². The van der Waals surface area contributed by atoms with Gasteiger partial charge in [-0.15, -0.1) is 0 Å². The van der Waals surface area contributed by atoms with Gasteiger partial charge in [0.25, 0.3) is 0 Å². The Hall–Kier alpha value is -1.82. The zero-order chi connectivity index (χ0) is 14.3. The van der Waals surface area contributed by atoms with Crippen LogP contribution < -0.4 is 5.32 Å². The van der Waals surface area contributed by atoms with Crippen LogP contribution in [0.4, 0.5) is 0 Å². The number of carbonyl (C=O) groups excluding carboxylic acids is 1. The van der Waals surface area contributed by atoms with Crippen molar-refractivity contribution in [2.24, 2.45) is 5.92 Å². The molecule has 2 fully saturated rings. The van der Waals surface area contributed by atoms with Gasteiger partial charge in [-0.05, 0) is 42.2 Å². The van der Waals surface area contributed by atoms with Crippen molar-refractivity contribution in [3.05, 3.63) is 35.4 Å². The number of nitriles is 1. The fourth-order valence-corrected chi connectivity index (χ4v) is 2.70. The van der Waals surface area contributed by atoms with Crippen molar-refractivity contribution in [1.29, 1.82) is 5.26 Å². The molecule has 0 bridgehead atoms. The molecule has 2 atom stereocenters. The second-order valence-corrected chi connectivity index (χ2v) is 6.45. The minimum atomic E-state index is -0.536. The van der Waals surface area contributed by atoms with Gasteiger partial charge in [0.15, 0.2) is 0 Å². The fourth-order valence-electron chi connectivity index (χ4n) is 2.70. The second-order valence-electron chi connectivity index (χ2n) is 6.45. The maximum absolute atomic E-state index is 12.1. The maximum Gasteiger partial charge on any atom is 0.224 e. The predicted molar refractivity (Wildman–Crippen MR) is 77.1 cm³/mol. The highest BCUT2D eigenvalue weighted by Gasteiger charge is 2.50. The fraction of sp³-hybridized carbons (Fsp3) is 0.529. The van der Waals surface area contributed by atoms with E-state index < -0.39 is 5.54 Å². The molecule has 1 aromatic rings. The number of benzene rings is 1. The first kappa shape index (κ1) is 13.2. The molecule has 1 amide bonds. The van der Waals surface area contributed by atoms with Crippen LogP contribution >= 0.6 is 0 Å². The van der Waals surface area contributed by atoms with Gasteiger partial charge in [0, 0.05) is 5.92 Å². The third-order valence-corrected chi connectivity index (χ3v) is 4.48. The van der Waals surface area contributed by atoms with Gasteiger partial charge in [0.05, 0.1) is 6.07 Å². The van der Waals surface area contributed by atoms with Gasteiger partial charge in [-0.1, -0.05) is 38.1 Å². The van der Waals surface area contributed by atoms with E-state index in [2.05, 4.69) is 49.5 Å². The van der Waals surface area contributed by atoms with Crippen LogP contribution in [0, 0.1) is 17.2 Å². The minimum absolute atomic E-state index is 0.0574.